The summed E-state index contributed by atoms with van der Waals surface area (Å²) in [5, 5.41) is 16.8. The zero-order valence-corrected chi connectivity index (χ0v) is 14.3. The van der Waals surface area contributed by atoms with Crippen LogP contribution in [0.5, 0.6) is 5.75 Å². The van der Waals surface area contributed by atoms with Crippen molar-refractivity contribution in [2.45, 2.75) is 0 Å². The van der Waals surface area contributed by atoms with Gasteiger partial charge in [-0.1, -0.05) is 71.9 Å². The zero-order chi connectivity index (χ0) is 16.0. The molecular formula is C20H12OSi2. The van der Waals surface area contributed by atoms with Crippen molar-refractivity contribution in [2.24, 2.45) is 0 Å². The first-order valence-electron chi connectivity index (χ1n) is 7.36. The lowest BCUT2D eigenvalue weighted by atomic mass is 9.93. The Morgan fingerprint density at radius 2 is 1.30 bits per heavy atom. The van der Waals surface area contributed by atoms with E-state index in [4.69, 9.17) is 0 Å². The number of rotatable bonds is 1. The maximum Gasteiger partial charge on any atom is 0.122 e. The first kappa shape index (κ1) is 14.2. The lowest BCUT2D eigenvalue weighted by Gasteiger charge is -2.15. The summed E-state index contributed by atoms with van der Waals surface area (Å²) in [7, 11) is 7.19. The van der Waals surface area contributed by atoms with Crippen molar-refractivity contribution in [1.82, 2.24) is 0 Å². The Morgan fingerprint density at radius 3 is 2.04 bits per heavy atom. The fourth-order valence-electron chi connectivity index (χ4n) is 3.13. The molecule has 0 aliphatic rings. The summed E-state index contributed by atoms with van der Waals surface area (Å²) >= 11 is 0. The third kappa shape index (κ3) is 2.29. The molecular weight excluding hydrogens is 312 g/mol. The van der Waals surface area contributed by atoms with Gasteiger partial charge in [0.25, 0.3) is 0 Å². The Bertz CT molecular complexity index is 1050. The smallest absolute Gasteiger partial charge is 0.122 e. The molecule has 23 heavy (non-hydrogen) atoms. The second kappa shape index (κ2) is 5.37. The number of aromatic hydroxyl groups is 1. The van der Waals surface area contributed by atoms with Crippen molar-refractivity contribution in [3.05, 3.63) is 66.7 Å². The van der Waals surface area contributed by atoms with Crippen LogP contribution < -0.4 is 10.4 Å². The van der Waals surface area contributed by atoms with Gasteiger partial charge in [-0.05, 0) is 32.3 Å². The zero-order valence-electron chi connectivity index (χ0n) is 12.3. The topological polar surface area (TPSA) is 20.2 Å². The number of benzene rings is 4. The minimum Gasteiger partial charge on any atom is -0.507 e. The lowest BCUT2D eigenvalue weighted by Crippen LogP contribution is -2.07. The molecule has 4 aromatic rings. The van der Waals surface area contributed by atoms with E-state index < -0.39 is 0 Å². The summed E-state index contributed by atoms with van der Waals surface area (Å²) in [6.07, 6.45) is 0. The van der Waals surface area contributed by atoms with E-state index in [2.05, 4.69) is 50.8 Å². The van der Waals surface area contributed by atoms with Gasteiger partial charge in [0.05, 0.1) is 20.5 Å². The minimum atomic E-state index is 0.266. The van der Waals surface area contributed by atoms with E-state index >= 15 is 0 Å². The third-order valence-electron chi connectivity index (χ3n) is 4.15. The van der Waals surface area contributed by atoms with Crippen molar-refractivity contribution < 1.29 is 5.11 Å². The fraction of sp³-hybridized carbons (Fsp3) is 0. The predicted molar refractivity (Wildman–Crippen MR) is 99.3 cm³/mol. The molecule has 0 heterocycles. The van der Waals surface area contributed by atoms with Crippen molar-refractivity contribution in [2.75, 3.05) is 0 Å². The predicted octanol–water partition coefficient (Wildman–Crippen LogP) is 2.95. The number of phenolic OH excluding ortho intramolecular Hbond substituents is 1. The van der Waals surface area contributed by atoms with Crippen LogP contribution in [0, 0.1) is 0 Å². The van der Waals surface area contributed by atoms with Crippen molar-refractivity contribution in [1.29, 1.82) is 0 Å². The van der Waals surface area contributed by atoms with Crippen LogP contribution in [0.4, 0.5) is 0 Å². The van der Waals surface area contributed by atoms with Crippen LogP contribution in [-0.2, 0) is 0 Å². The molecule has 0 aliphatic heterocycles. The molecule has 1 N–H and O–H groups in total. The molecule has 0 aliphatic carbocycles. The fourth-order valence-corrected chi connectivity index (χ4v) is 3.71. The molecule has 6 radical (unpaired) electrons. The van der Waals surface area contributed by atoms with E-state index in [0.29, 0.717) is 5.19 Å². The van der Waals surface area contributed by atoms with Crippen molar-refractivity contribution >= 4 is 52.4 Å². The van der Waals surface area contributed by atoms with Crippen LogP contribution in [0.15, 0.2) is 66.7 Å². The summed E-state index contributed by atoms with van der Waals surface area (Å²) in [5.74, 6) is 0.266. The Kier molecular flexibility index (Phi) is 3.32. The minimum absolute atomic E-state index is 0.266. The molecule has 0 saturated heterocycles. The average Bonchev–Trinajstić information content (AvgIpc) is 2.55. The van der Waals surface area contributed by atoms with Gasteiger partial charge in [0, 0.05) is 5.56 Å². The quantitative estimate of drug-likeness (QED) is 0.534. The van der Waals surface area contributed by atoms with E-state index in [1.165, 1.54) is 0 Å². The Balaban J connectivity index is 2.21. The second-order valence-corrected chi connectivity index (χ2v) is 6.73. The van der Waals surface area contributed by atoms with Crippen molar-refractivity contribution in [3.8, 4) is 16.9 Å². The molecule has 0 spiro atoms. The number of phenols is 1. The van der Waals surface area contributed by atoms with Gasteiger partial charge >= 0.3 is 0 Å². The van der Waals surface area contributed by atoms with Crippen LogP contribution in [0.25, 0.3) is 32.7 Å². The van der Waals surface area contributed by atoms with E-state index in [-0.39, 0.29) is 5.75 Å². The van der Waals surface area contributed by atoms with Gasteiger partial charge in [0.15, 0.2) is 0 Å². The first-order chi connectivity index (χ1) is 11.1. The summed E-state index contributed by atoms with van der Waals surface area (Å²) in [5.41, 5.74) is 1.87. The van der Waals surface area contributed by atoms with Gasteiger partial charge in [-0.3, -0.25) is 0 Å². The molecule has 0 aromatic heterocycles. The van der Waals surface area contributed by atoms with Gasteiger partial charge in [-0.25, -0.2) is 0 Å². The van der Waals surface area contributed by atoms with E-state index in [1.54, 1.807) is 0 Å². The molecule has 0 amide bonds. The molecule has 0 bridgehead atoms. The number of hydrogen-bond acceptors (Lipinski definition) is 1. The highest BCUT2D eigenvalue weighted by atomic mass is 28.1. The van der Waals surface area contributed by atoms with Crippen molar-refractivity contribution in [3.63, 3.8) is 0 Å². The molecule has 0 saturated carbocycles. The van der Waals surface area contributed by atoms with Gasteiger partial charge in [-0.15, -0.1) is 0 Å². The monoisotopic (exact) mass is 324 g/mol. The highest BCUT2D eigenvalue weighted by Crippen LogP contribution is 2.38. The summed E-state index contributed by atoms with van der Waals surface area (Å²) in [6, 6.07) is 22.4. The number of fused-ring (bicyclic) bond motifs is 2. The first-order valence-corrected chi connectivity index (χ1v) is 8.36. The molecule has 0 atom stereocenters. The Morgan fingerprint density at radius 1 is 0.696 bits per heavy atom. The average molecular weight is 324 g/mol. The van der Waals surface area contributed by atoms with Gasteiger partial charge in [0.2, 0.25) is 0 Å². The van der Waals surface area contributed by atoms with Crippen LogP contribution in [0.3, 0.4) is 0 Å². The lowest BCUT2D eigenvalue weighted by molar-refractivity contribution is 0.482. The van der Waals surface area contributed by atoms with Crippen LogP contribution in [0.1, 0.15) is 0 Å². The molecule has 4 aromatic carbocycles. The Hall–Kier alpha value is -2.37. The summed E-state index contributed by atoms with van der Waals surface area (Å²) in [6.45, 7) is 0. The largest absolute Gasteiger partial charge is 0.507 e. The third-order valence-corrected chi connectivity index (χ3v) is 4.82. The molecule has 1 nitrogen and oxygen atoms in total. The van der Waals surface area contributed by atoms with E-state index in [9.17, 15) is 5.11 Å². The molecule has 3 heteroatoms. The molecule has 4 rings (SSSR count). The van der Waals surface area contributed by atoms with Crippen LogP contribution in [0.2, 0.25) is 0 Å². The van der Waals surface area contributed by atoms with Gasteiger partial charge < -0.3 is 5.11 Å². The Labute approximate surface area is 141 Å². The molecule has 0 unspecified atom stereocenters. The SMILES string of the molecule is Oc1c([Si])cc2ccccc2c1-c1cc([Si])cc2ccccc12. The summed E-state index contributed by atoms with van der Waals surface area (Å²) in [4.78, 5) is 0. The maximum atomic E-state index is 10.7. The van der Waals surface area contributed by atoms with E-state index in [1.807, 2.05) is 36.4 Å². The number of hydrogen-bond donors (Lipinski definition) is 1. The highest BCUT2D eigenvalue weighted by Gasteiger charge is 2.15. The normalized spacial score (nSPS) is 11.2. The molecule has 0 fully saturated rings. The van der Waals surface area contributed by atoms with Gasteiger partial charge in [-0.2, -0.15) is 0 Å². The van der Waals surface area contributed by atoms with Crippen LogP contribution in [-0.4, -0.2) is 25.6 Å². The van der Waals surface area contributed by atoms with Crippen LogP contribution >= 0.6 is 0 Å². The highest BCUT2D eigenvalue weighted by molar-refractivity contribution is 6.37. The summed E-state index contributed by atoms with van der Waals surface area (Å²) < 4.78 is 0. The second-order valence-electron chi connectivity index (χ2n) is 5.61. The standard InChI is InChI=1S/C20H12OSi2/c21-20-18(23)10-13-6-2-4-8-16(13)19(20)17-11-14(22)9-12-5-1-3-7-15(12)17/h1-11,21H. The molecule has 106 valence electrons. The maximum absolute atomic E-state index is 10.7. The van der Waals surface area contributed by atoms with Gasteiger partial charge in [0.1, 0.15) is 5.75 Å². The van der Waals surface area contributed by atoms with E-state index in [0.717, 1.165) is 37.9 Å².